The molecule has 1 fully saturated rings. The zero-order valence-corrected chi connectivity index (χ0v) is 7.55. The molecular weight excluding hydrogens is 138 g/mol. The summed E-state index contributed by atoms with van der Waals surface area (Å²) in [4.78, 5) is 0. The first-order chi connectivity index (χ1) is 5.22. The zero-order valence-electron chi connectivity index (χ0n) is 7.55. The van der Waals surface area contributed by atoms with E-state index in [-0.39, 0.29) is 0 Å². The minimum atomic E-state index is 0.429. The van der Waals surface area contributed by atoms with E-state index in [2.05, 4.69) is 13.8 Å². The van der Waals surface area contributed by atoms with Crippen LogP contribution in [-0.2, 0) is 4.74 Å². The van der Waals surface area contributed by atoms with E-state index in [0.717, 1.165) is 18.9 Å². The molecule has 11 heavy (non-hydrogen) atoms. The molecule has 3 atom stereocenters. The maximum absolute atomic E-state index is 5.72. The van der Waals surface area contributed by atoms with Crippen molar-refractivity contribution in [2.45, 2.75) is 45.3 Å². The SMILES string of the molecule is CC1C[C@H](C)CC(CCN)O1. The summed E-state index contributed by atoms with van der Waals surface area (Å²) in [5.41, 5.74) is 5.47. The first-order valence-corrected chi connectivity index (χ1v) is 4.58. The Morgan fingerprint density at radius 2 is 2.09 bits per heavy atom. The Hall–Kier alpha value is -0.0800. The Bertz CT molecular complexity index is 106. The summed E-state index contributed by atoms with van der Waals surface area (Å²) in [7, 11) is 0. The molecule has 1 rings (SSSR count). The molecule has 1 aliphatic rings. The quantitative estimate of drug-likeness (QED) is 0.660. The molecule has 66 valence electrons. The average Bonchev–Trinajstić information content (AvgIpc) is 1.85. The Labute approximate surface area is 69.1 Å². The normalized spacial score (nSPS) is 39.0. The number of ether oxygens (including phenoxy) is 1. The van der Waals surface area contributed by atoms with Crippen LogP contribution in [-0.4, -0.2) is 18.8 Å². The fraction of sp³-hybridized carbons (Fsp3) is 1.00. The molecule has 0 saturated carbocycles. The Morgan fingerprint density at radius 1 is 1.36 bits per heavy atom. The van der Waals surface area contributed by atoms with Crippen molar-refractivity contribution in [3.8, 4) is 0 Å². The topological polar surface area (TPSA) is 35.2 Å². The minimum absolute atomic E-state index is 0.429. The lowest BCUT2D eigenvalue weighted by atomic mass is 9.93. The monoisotopic (exact) mass is 157 g/mol. The van der Waals surface area contributed by atoms with Crippen LogP contribution in [0.1, 0.15) is 33.1 Å². The van der Waals surface area contributed by atoms with Gasteiger partial charge in [-0.1, -0.05) is 6.92 Å². The number of rotatable bonds is 2. The van der Waals surface area contributed by atoms with Crippen LogP contribution in [0, 0.1) is 5.92 Å². The van der Waals surface area contributed by atoms with E-state index in [9.17, 15) is 0 Å². The van der Waals surface area contributed by atoms with Crippen molar-refractivity contribution in [2.24, 2.45) is 11.7 Å². The molecule has 0 amide bonds. The summed E-state index contributed by atoms with van der Waals surface area (Å²) in [5, 5.41) is 0. The van der Waals surface area contributed by atoms with Crippen molar-refractivity contribution >= 4 is 0 Å². The highest BCUT2D eigenvalue weighted by Gasteiger charge is 2.23. The van der Waals surface area contributed by atoms with Crippen LogP contribution in [0.2, 0.25) is 0 Å². The molecule has 0 aromatic rings. The van der Waals surface area contributed by atoms with Gasteiger partial charge in [0.2, 0.25) is 0 Å². The smallest absolute Gasteiger partial charge is 0.0593 e. The molecule has 0 aromatic carbocycles. The van der Waals surface area contributed by atoms with Gasteiger partial charge in [0.15, 0.2) is 0 Å². The molecular formula is C9H19NO. The molecule has 0 bridgehead atoms. The highest BCUT2D eigenvalue weighted by molar-refractivity contribution is 4.73. The van der Waals surface area contributed by atoms with Gasteiger partial charge in [-0.3, -0.25) is 0 Å². The summed E-state index contributed by atoms with van der Waals surface area (Å²) in [5.74, 6) is 0.815. The third kappa shape index (κ3) is 2.80. The summed E-state index contributed by atoms with van der Waals surface area (Å²) >= 11 is 0. The predicted molar refractivity (Wildman–Crippen MR) is 46.4 cm³/mol. The summed E-state index contributed by atoms with van der Waals surface area (Å²) in [6.45, 7) is 5.20. The van der Waals surface area contributed by atoms with Crippen molar-refractivity contribution in [1.82, 2.24) is 0 Å². The van der Waals surface area contributed by atoms with Gasteiger partial charge in [0.25, 0.3) is 0 Å². The van der Waals surface area contributed by atoms with Gasteiger partial charge in [-0.25, -0.2) is 0 Å². The molecule has 1 saturated heterocycles. The molecule has 0 aromatic heterocycles. The second-order valence-corrected chi connectivity index (χ2v) is 3.72. The summed E-state index contributed by atoms with van der Waals surface area (Å²) in [6.07, 6.45) is 4.30. The molecule has 0 aliphatic carbocycles. The first kappa shape index (κ1) is 9.01. The van der Waals surface area contributed by atoms with Crippen LogP contribution in [0.4, 0.5) is 0 Å². The van der Waals surface area contributed by atoms with Crippen molar-refractivity contribution < 1.29 is 4.74 Å². The van der Waals surface area contributed by atoms with E-state index in [1.807, 2.05) is 0 Å². The lowest BCUT2D eigenvalue weighted by Gasteiger charge is -2.31. The van der Waals surface area contributed by atoms with Crippen LogP contribution in [0.3, 0.4) is 0 Å². The van der Waals surface area contributed by atoms with Crippen LogP contribution in [0.25, 0.3) is 0 Å². The van der Waals surface area contributed by atoms with Crippen LogP contribution in [0.15, 0.2) is 0 Å². The molecule has 2 unspecified atom stereocenters. The number of nitrogens with two attached hydrogens (primary N) is 1. The van der Waals surface area contributed by atoms with Gasteiger partial charge in [-0.15, -0.1) is 0 Å². The number of hydrogen-bond donors (Lipinski definition) is 1. The van der Waals surface area contributed by atoms with E-state index in [1.165, 1.54) is 12.8 Å². The van der Waals surface area contributed by atoms with Gasteiger partial charge in [0, 0.05) is 0 Å². The molecule has 2 N–H and O–H groups in total. The maximum atomic E-state index is 5.72. The van der Waals surface area contributed by atoms with Gasteiger partial charge in [-0.05, 0) is 38.6 Å². The number of hydrogen-bond acceptors (Lipinski definition) is 2. The zero-order chi connectivity index (χ0) is 8.27. The Balaban J connectivity index is 2.30. The van der Waals surface area contributed by atoms with Crippen LogP contribution < -0.4 is 5.73 Å². The van der Waals surface area contributed by atoms with Crippen LogP contribution in [0.5, 0.6) is 0 Å². The maximum Gasteiger partial charge on any atom is 0.0593 e. The summed E-state index contributed by atoms with van der Waals surface area (Å²) < 4.78 is 5.72. The molecule has 1 aliphatic heterocycles. The highest BCUT2D eigenvalue weighted by atomic mass is 16.5. The largest absolute Gasteiger partial charge is 0.375 e. The van der Waals surface area contributed by atoms with Crippen LogP contribution >= 0.6 is 0 Å². The van der Waals surface area contributed by atoms with Crippen molar-refractivity contribution in [3.05, 3.63) is 0 Å². The fourth-order valence-corrected chi connectivity index (χ4v) is 1.92. The highest BCUT2D eigenvalue weighted by Crippen LogP contribution is 2.25. The first-order valence-electron chi connectivity index (χ1n) is 4.58. The molecule has 0 radical (unpaired) electrons. The lowest BCUT2D eigenvalue weighted by molar-refractivity contribution is -0.0603. The van der Waals surface area contributed by atoms with E-state index in [4.69, 9.17) is 10.5 Å². The van der Waals surface area contributed by atoms with E-state index in [0.29, 0.717) is 12.2 Å². The second kappa shape index (κ2) is 4.07. The predicted octanol–water partition coefficient (Wildman–Crippen LogP) is 1.54. The average molecular weight is 157 g/mol. The summed E-state index contributed by atoms with van der Waals surface area (Å²) in [6, 6.07) is 0. The Kier molecular flexibility index (Phi) is 3.34. The third-order valence-electron chi connectivity index (χ3n) is 2.31. The fourth-order valence-electron chi connectivity index (χ4n) is 1.92. The van der Waals surface area contributed by atoms with Gasteiger partial charge < -0.3 is 10.5 Å². The van der Waals surface area contributed by atoms with E-state index >= 15 is 0 Å². The van der Waals surface area contributed by atoms with Crippen molar-refractivity contribution in [1.29, 1.82) is 0 Å². The molecule has 2 heteroatoms. The molecule has 1 heterocycles. The van der Waals surface area contributed by atoms with Gasteiger partial charge >= 0.3 is 0 Å². The van der Waals surface area contributed by atoms with Crippen molar-refractivity contribution in [3.63, 3.8) is 0 Å². The lowest BCUT2D eigenvalue weighted by Crippen LogP contribution is -2.31. The van der Waals surface area contributed by atoms with Gasteiger partial charge in [0.05, 0.1) is 12.2 Å². The second-order valence-electron chi connectivity index (χ2n) is 3.72. The molecule has 0 spiro atoms. The third-order valence-corrected chi connectivity index (χ3v) is 2.31. The Morgan fingerprint density at radius 3 is 2.64 bits per heavy atom. The van der Waals surface area contributed by atoms with Gasteiger partial charge in [-0.2, -0.15) is 0 Å². The standard InChI is InChI=1S/C9H19NO/c1-7-5-8(2)11-9(6-7)3-4-10/h7-9H,3-6,10H2,1-2H3/t7-,8?,9?/m0/s1. The van der Waals surface area contributed by atoms with Gasteiger partial charge in [0.1, 0.15) is 0 Å². The van der Waals surface area contributed by atoms with E-state index < -0.39 is 0 Å². The van der Waals surface area contributed by atoms with E-state index in [1.54, 1.807) is 0 Å². The molecule has 2 nitrogen and oxygen atoms in total. The van der Waals surface area contributed by atoms with Crippen molar-refractivity contribution in [2.75, 3.05) is 6.54 Å². The minimum Gasteiger partial charge on any atom is -0.375 e.